The van der Waals surface area contributed by atoms with Crippen molar-refractivity contribution in [3.63, 3.8) is 0 Å². The van der Waals surface area contributed by atoms with Crippen molar-refractivity contribution in [1.29, 1.82) is 0 Å². The molecule has 0 unspecified atom stereocenters. The number of benzene rings is 6. The first-order chi connectivity index (χ1) is 33.9. The summed E-state index contributed by atoms with van der Waals surface area (Å²) in [5, 5.41) is 4.54. The average molecular weight is 1040 g/mol. The fourth-order valence-corrected chi connectivity index (χ4v) is 12.3. The van der Waals surface area contributed by atoms with E-state index in [1.54, 1.807) is 57.2 Å². The van der Waals surface area contributed by atoms with Crippen LogP contribution in [0.5, 0.6) is 0 Å². The molecule has 0 fully saturated rings. The minimum Gasteiger partial charge on any atom is -0.464 e. The summed E-state index contributed by atoms with van der Waals surface area (Å²) < 4.78 is 132. The number of carbonyl (C=O) groups is 1. The lowest BCUT2D eigenvalue weighted by molar-refractivity contribution is -0.153. The minimum absolute atomic E-state index is 0.0438. The lowest BCUT2D eigenvalue weighted by Crippen LogP contribution is -2.33. The number of nitrogens with one attached hydrogen (secondary N) is 2. The second-order valence-corrected chi connectivity index (χ2v) is 23.7. The Labute approximate surface area is 422 Å². The van der Waals surface area contributed by atoms with Crippen LogP contribution in [0.3, 0.4) is 0 Å². The van der Waals surface area contributed by atoms with Crippen molar-refractivity contribution in [2.24, 2.45) is 10.4 Å². The second-order valence-electron chi connectivity index (χ2n) is 19.1. The zero-order valence-electron chi connectivity index (χ0n) is 41.6. The number of esters is 1. The van der Waals surface area contributed by atoms with Crippen molar-refractivity contribution in [3.05, 3.63) is 148 Å². The van der Waals surface area contributed by atoms with Gasteiger partial charge in [0.05, 0.1) is 26.3 Å². The predicted octanol–water partition coefficient (Wildman–Crippen LogP) is 14.2. The minimum atomic E-state index is -5.92. The molecule has 380 valence electrons. The van der Waals surface area contributed by atoms with Gasteiger partial charge in [0, 0.05) is 51.3 Å². The Balaban J connectivity index is 1.35. The zero-order valence-corrected chi connectivity index (χ0v) is 44.1. The highest BCUT2D eigenvalue weighted by atomic mass is 32.3. The van der Waals surface area contributed by atoms with Crippen LogP contribution in [0.2, 0.25) is 0 Å². The third-order valence-corrected chi connectivity index (χ3v) is 17.2. The maximum Gasteiger partial charge on any atom is 0.311 e. The molecule has 0 saturated carbocycles. The molecule has 1 aliphatic heterocycles. The van der Waals surface area contributed by atoms with Crippen molar-refractivity contribution in [2.75, 3.05) is 17.7 Å². The molecular weight excluding hydrogens is 987 g/mol. The van der Waals surface area contributed by atoms with Crippen LogP contribution >= 0.6 is 11.8 Å². The Morgan fingerprint density at radius 1 is 0.736 bits per heavy atom. The molecule has 72 heavy (non-hydrogen) atoms. The number of sulfonamides is 2. The van der Waals surface area contributed by atoms with Gasteiger partial charge in [-0.25, -0.2) is 39.4 Å². The van der Waals surface area contributed by atoms with E-state index < -0.39 is 69.4 Å². The molecule has 0 spiro atoms. The van der Waals surface area contributed by atoms with E-state index >= 15 is 17.6 Å². The molecule has 1 aliphatic carbocycles. The SMILES string of the molecule is CCC(C)(C)C(=O)OCCSc1c(F)c(F)c(S(=O)(=O)NS(=O)(=O)c2ccccc2-c2c3ccc(=Nc4c(C)cccc4C(C)C)cc-3oc3cc(Nc4c(C(C)C)cccc4C(C)C)ccc23)c(F)c1F. The number of aryl methyl sites for hydroxylation is 1. The predicted molar refractivity (Wildman–Crippen MR) is 276 cm³/mol. The summed E-state index contributed by atoms with van der Waals surface area (Å²) >= 11 is 0.242. The van der Waals surface area contributed by atoms with Gasteiger partial charge in [-0.05, 0) is 97.5 Å². The molecule has 2 aliphatic rings. The van der Waals surface area contributed by atoms with Gasteiger partial charge in [0.25, 0.3) is 20.0 Å². The first-order valence-corrected chi connectivity index (χ1v) is 27.4. The van der Waals surface area contributed by atoms with Crippen molar-refractivity contribution < 1.29 is 48.3 Å². The van der Waals surface area contributed by atoms with Crippen LogP contribution in [-0.2, 0) is 29.6 Å². The first-order valence-electron chi connectivity index (χ1n) is 23.5. The summed E-state index contributed by atoms with van der Waals surface area (Å²) in [6, 6.07) is 28.0. The fourth-order valence-electron chi connectivity index (χ4n) is 8.30. The van der Waals surface area contributed by atoms with Crippen molar-refractivity contribution in [3.8, 4) is 22.5 Å². The quantitative estimate of drug-likeness (QED) is 0.0227. The van der Waals surface area contributed by atoms with E-state index in [-0.39, 0.29) is 58.8 Å². The largest absolute Gasteiger partial charge is 0.464 e. The molecule has 0 atom stereocenters. The van der Waals surface area contributed by atoms with Crippen LogP contribution in [0.1, 0.15) is 109 Å². The standard InChI is InChI=1S/C55H57F4N3O7S3/c1-11-55(9,10)54(63)68-26-27-70-52-46(56)48(58)53(49(59)47(52)57)72(66,67)62-71(64,65)44-21-13-12-17-41(44)45-39-24-22-34(60-50-33(8)16-14-18-36(50)30(2)3)28-42(39)69-43-29-35(23-25-40(43)45)61-51-37(31(4)5)19-15-20-38(51)32(6)7/h12-25,28-32,61-62H,11,26-27H2,1-10H3. The normalized spacial score (nSPS) is 12.8. The number of fused-ring (bicyclic) bond motifs is 2. The topological polar surface area (TPSA) is 144 Å². The summed E-state index contributed by atoms with van der Waals surface area (Å²) in [7, 11) is -11.3. The number of thioether (sulfide) groups is 1. The summed E-state index contributed by atoms with van der Waals surface area (Å²) in [5.41, 5.74) is 6.60. The lowest BCUT2D eigenvalue weighted by Gasteiger charge is -2.22. The van der Waals surface area contributed by atoms with Crippen LogP contribution in [0.15, 0.2) is 121 Å². The van der Waals surface area contributed by atoms with E-state index in [1.165, 1.54) is 22.3 Å². The molecule has 5 aromatic carbocycles. The number of halogens is 4. The molecule has 17 heteroatoms. The van der Waals surface area contributed by atoms with Gasteiger partial charge in [-0.3, -0.25) is 4.79 Å². The first kappa shape index (κ1) is 53.8. The Kier molecular flexibility index (Phi) is 15.8. The van der Waals surface area contributed by atoms with Crippen molar-refractivity contribution in [1.82, 2.24) is 4.13 Å². The van der Waals surface area contributed by atoms with Gasteiger partial charge in [0.1, 0.15) is 18.0 Å². The number of carbonyl (C=O) groups excluding carboxylic acids is 1. The van der Waals surface area contributed by atoms with Gasteiger partial charge >= 0.3 is 5.97 Å². The van der Waals surface area contributed by atoms with Gasteiger partial charge in [-0.1, -0.05) is 103 Å². The molecule has 0 bridgehead atoms. The van der Waals surface area contributed by atoms with Crippen LogP contribution in [-0.4, -0.2) is 35.2 Å². The summed E-state index contributed by atoms with van der Waals surface area (Å²) in [4.78, 5) is 13.3. The molecular formula is C55H57F4N3O7S3. The summed E-state index contributed by atoms with van der Waals surface area (Å²) in [5.74, 6) is -9.05. The molecule has 7 rings (SSSR count). The molecule has 10 nitrogen and oxygen atoms in total. The monoisotopic (exact) mass is 1040 g/mol. The summed E-state index contributed by atoms with van der Waals surface area (Å²) in [6.07, 6.45) is 0.430. The highest BCUT2D eigenvalue weighted by molar-refractivity contribution is 8.04. The Hall–Kier alpha value is -6.01. The highest BCUT2D eigenvalue weighted by Gasteiger charge is 2.37. The highest BCUT2D eigenvalue weighted by Crippen LogP contribution is 2.44. The Morgan fingerprint density at radius 2 is 1.35 bits per heavy atom. The Morgan fingerprint density at radius 3 is 1.97 bits per heavy atom. The van der Waals surface area contributed by atoms with Crippen molar-refractivity contribution in [2.45, 2.75) is 108 Å². The average Bonchev–Trinajstić information content (AvgIpc) is 3.32. The molecule has 1 heterocycles. The molecule has 0 amide bonds. The molecule has 0 radical (unpaired) electrons. The third kappa shape index (κ3) is 10.8. The van der Waals surface area contributed by atoms with Crippen molar-refractivity contribution >= 4 is 65.8 Å². The Bertz CT molecular complexity index is 3450. The van der Waals surface area contributed by atoms with Gasteiger partial charge < -0.3 is 14.5 Å². The number of rotatable bonds is 17. The molecule has 0 aromatic heterocycles. The van der Waals surface area contributed by atoms with Crippen LogP contribution in [0, 0.1) is 35.6 Å². The number of hydrogen-bond donors (Lipinski definition) is 2. The zero-order chi connectivity index (χ0) is 52.6. The van der Waals surface area contributed by atoms with E-state index in [9.17, 15) is 21.6 Å². The number of ether oxygens (including phenoxy) is 1. The van der Waals surface area contributed by atoms with E-state index in [0.717, 1.165) is 39.7 Å². The number of hydrogen-bond acceptors (Lipinski definition) is 10. The van der Waals surface area contributed by atoms with E-state index in [2.05, 4.69) is 59.0 Å². The maximum absolute atomic E-state index is 15.7. The molecule has 2 N–H and O–H groups in total. The fraction of sp³-hybridized carbons (Fsp3) is 0.309. The van der Waals surface area contributed by atoms with E-state index in [4.69, 9.17) is 14.1 Å². The van der Waals surface area contributed by atoms with Gasteiger partial charge in [0.2, 0.25) is 0 Å². The number of anilines is 2. The summed E-state index contributed by atoms with van der Waals surface area (Å²) in [6.45, 7) is 19.2. The lowest BCUT2D eigenvalue weighted by atomic mass is 9.91. The second kappa shape index (κ2) is 21.2. The smallest absolute Gasteiger partial charge is 0.311 e. The third-order valence-electron chi connectivity index (χ3n) is 12.6. The molecule has 0 saturated heterocycles. The number of nitrogens with zero attached hydrogens (tertiary/aromatic N) is 1. The van der Waals surface area contributed by atoms with Crippen LogP contribution in [0.4, 0.5) is 34.6 Å². The van der Waals surface area contributed by atoms with Gasteiger partial charge in [-0.2, -0.15) is 0 Å². The van der Waals surface area contributed by atoms with Gasteiger partial charge in [-0.15, -0.1) is 15.9 Å². The maximum atomic E-state index is 15.7. The van der Waals surface area contributed by atoms with Crippen LogP contribution in [0.25, 0.3) is 33.4 Å². The van der Waals surface area contributed by atoms with E-state index in [1.807, 2.05) is 31.2 Å². The van der Waals surface area contributed by atoms with Crippen LogP contribution < -0.4 is 14.8 Å². The number of para-hydroxylation sites is 2. The van der Waals surface area contributed by atoms with Gasteiger partial charge in [0.15, 0.2) is 28.2 Å². The van der Waals surface area contributed by atoms with E-state index in [0.29, 0.717) is 34.0 Å². The molecule has 5 aromatic rings.